The number of nitrogens with zero attached hydrogens (tertiary/aromatic N) is 1. The average Bonchev–Trinajstić information content (AvgIpc) is 3.20. The highest BCUT2D eigenvalue weighted by atomic mass is 19.4. The number of methoxy groups -OCH3 is 1. The van der Waals surface area contributed by atoms with Gasteiger partial charge in [0.05, 0.1) is 23.7 Å². The van der Waals surface area contributed by atoms with E-state index in [9.17, 15) is 18.0 Å². The van der Waals surface area contributed by atoms with Crippen molar-refractivity contribution >= 4 is 16.9 Å². The molecular formula is C17H18F3N3O3. The van der Waals surface area contributed by atoms with E-state index in [1.807, 2.05) is 0 Å². The smallest absolute Gasteiger partial charge is 0.384 e. The SMILES string of the molecule is COC[C@H]1[C@H](NC(=O)c2ccc3nc(C(F)(F)F)[nH]c3c2)[C@H]2CCO[C@H]21. The number of rotatable bonds is 4. The largest absolute Gasteiger partial charge is 0.449 e. The third-order valence-corrected chi connectivity index (χ3v) is 5.20. The highest BCUT2D eigenvalue weighted by Gasteiger charge is 2.54. The molecule has 1 aliphatic heterocycles. The van der Waals surface area contributed by atoms with Gasteiger partial charge in [0.1, 0.15) is 0 Å². The lowest BCUT2D eigenvalue weighted by molar-refractivity contribution is -0.144. The fourth-order valence-corrected chi connectivity index (χ4v) is 3.95. The Hall–Kier alpha value is -2.13. The van der Waals surface area contributed by atoms with Crippen molar-refractivity contribution in [2.24, 2.45) is 11.8 Å². The minimum Gasteiger partial charge on any atom is -0.384 e. The third-order valence-electron chi connectivity index (χ3n) is 5.20. The third kappa shape index (κ3) is 2.84. The fourth-order valence-electron chi connectivity index (χ4n) is 3.95. The zero-order chi connectivity index (χ0) is 18.5. The van der Waals surface area contributed by atoms with Gasteiger partial charge in [-0.05, 0) is 24.6 Å². The molecular weight excluding hydrogens is 351 g/mol. The van der Waals surface area contributed by atoms with Crippen molar-refractivity contribution in [3.63, 3.8) is 0 Å². The number of aromatic nitrogens is 2. The number of benzene rings is 1. The predicted octanol–water partition coefficient (Wildman–Crippen LogP) is 2.36. The Morgan fingerprint density at radius 2 is 2.27 bits per heavy atom. The zero-order valence-electron chi connectivity index (χ0n) is 14.0. The second kappa shape index (κ2) is 6.24. The summed E-state index contributed by atoms with van der Waals surface area (Å²) in [6.07, 6.45) is -3.58. The van der Waals surface area contributed by atoms with Crippen LogP contribution in [0.4, 0.5) is 13.2 Å². The number of imidazole rings is 1. The molecule has 4 atom stereocenters. The van der Waals surface area contributed by atoms with Crippen LogP contribution in [0.3, 0.4) is 0 Å². The molecule has 0 unspecified atom stereocenters. The Morgan fingerprint density at radius 1 is 1.46 bits per heavy atom. The molecule has 2 aliphatic rings. The van der Waals surface area contributed by atoms with E-state index >= 15 is 0 Å². The number of H-pyrrole nitrogens is 1. The van der Waals surface area contributed by atoms with Crippen molar-refractivity contribution in [2.75, 3.05) is 20.3 Å². The van der Waals surface area contributed by atoms with Gasteiger partial charge in [-0.2, -0.15) is 13.2 Å². The lowest BCUT2D eigenvalue weighted by Gasteiger charge is -2.47. The summed E-state index contributed by atoms with van der Waals surface area (Å²) in [7, 11) is 1.60. The van der Waals surface area contributed by atoms with Gasteiger partial charge in [0.25, 0.3) is 5.91 Å². The summed E-state index contributed by atoms with van der Waals surface area (Å²) in [5, 5.41) is 2.99. The second-order valence-electron chi connectivity index (χ2n) is 6.72. The first kappa shape index (κ1) is 17.3. The second-order valence-corrected chi connectivity index (χ2v) is 6.72. The van der Waals surface area contributed by atoms with Crippen molar-refractivity contribution in [3.05, 3.63) is 29.6 Å². The molecule has 2 fully saturated rings. The minimum atomic E-state index is -4.56. The van der Waals surface area contributed by atoms with Gasteiger partial charge >= 0.3 is 6.18 Å². The van der Waals surface area contributed by atoms with Crippen molar-refractivity contribution < 1.29 is 27.4 Å². The molecule has 1 aromatic carbocycles. The van der Waals surface area contributed by atoms with E-state index in [1.54, 1.807) is 7.11 Å². The van der Waals surface area contributed by atoms with Gasteiger partial charge in [-0.3, -0.25) is 4.79 Å². The number of hydrogen-bond donors (Lipinski definition) is 2. The lowest BCUT2D eigenvalue weighted by Crippen LogP contribution is -2.62. The topological polar surface area (TPSA) is 76.2 Å². The quantitative estimate of drug-likeness (QED) is 0.868. The number of amides is 1. The Morgan fingerprint density at radius 3 is 3.00 bits per heavy atom. The Balaban J connectivity index is 1.52. The molecule has 0 bridgehead atoms. The maximum absolute atomic E-state index is 12.8. The van der Waals surface area contributed by atoms with Crippen molar-refractivity contribution in [3.8, 4) is 0 Å². The van der Waals surface area contributed by atoms with Gasteiger partial charge in [0.15, 0.2) is 0 Å². The molecule has 2 aromatic rings. The lowest BCUT2D eigenvalue weighted by atomic mass is 9.67. The van der Waals surface area contributed by atoms with Crippen LogP contribution < -0.4 is 5.32 Å². The van der Waals surface area contributed by atoms with Gasteiger partial charge in [0, 0.05) is 37.2 Å². The van der Waals surface area contributed by atoms with Gasteiger partial charge in [-0.15, -0.1) is 0 Å². The maximum Gasteiger partial charge on any atom is 0.449 e. The van der Waals surface area contributed by atoms with Crippen LogP contribution in [-0.2, 0) is 15.7 Å². The van der Waals surface area contributed by atoms with E-state index in [2.05, 4.69) is 15.3 Å². The summed E-state index contributed by atoms with van der Waals surface area (Å²) in [5.74, 6) is -1.06. The average molecular weight is 369 g/mol. The fraction of sp³-hybridized carbons (Fsp3) is 0.529. The summed E-state index contributed by atoms with van der Waals surface area (Å²) in [5.41, 5.74) is 0.626. The maximum atomic E-state index is 12.8. The molecule has 0 radical (unpaired) electrons. The monoisotopic (exact) mass is 369 g/mol. The number of halogens is 3. The number of alkyl halides is 3. The van der Waals surface area contributed by atoms with E-state index in [1.165, 1.54) is 18.2 Å². The van der Waals surface area contributed by atoms with E-state index in [0.29, 0.717) is 13.2 Å². The molecule has 1 saturated heterocycles. The van der Waals surface area contributed by atoms with Crippen LogP contribution in [0.1, 0.15) is 22.6 Å². The first-order chi connectivity index (χ1) is 12.4. The number of fused-ring (bicyclic) bond motifs is 2. The normalized spacial score (nSPS) is 28.0. The van der Waals surface area contributed by atoms with E-state index < -0.39 is 12.0 Å². The Labute approximate surface area is 147 Å². The van der Waals surface area contributed by atoms with Crippen LogP contribution in [0.5, 0.6) is 0 Å². The van der Waals surface area contributed by atoms with Crippen molar-refractivity contribution in [1.29, 1.82) is 0 Å². The summed E-state index contributed by atoms with van der Waals surface area (Å²) in [6, 6.07) is 4.22. The van der Waals surface area contributed by atoms with E-state index in [0.717, 1.165) is 6.42 Å². The first-order valence-electron chi connectivity index (χ1n) is 8.37. The summed E-state index contributed by atoms with van der Waals surface area (Å²) < 4.78 is 49.2. The zero-order valence-corrected chi connectivity index (χ0v) is 14.0. The highest BCUT2D eigenvalue weighted by molar-refractivity contribution is 5.97. The van der Waals surface area contributed by atoms with Crippen LogP contribution >= 0.6 is 0 Å². The van der Waals surface area contributed by atoms with Crippen LogP contribution in [0.2, 0.25) is 0 Å². The predicted molar refractivity (Wildman–Crippen MR) is 85.6 cm³/mol. The van der Waals surface area contributed by atoms with Crippen molar-refractivity contribution in [2.45, 2.75) is 24.7 Å². The van der Waals surface area contributed by atoms with Crippen LogP contribution in [-0.4, -0.2) is 48.3 Å². The first-order valence-corrected chi connectivity index (χ1v) is 8.37. The standard InChI is InChI=1S/C17H18F3N3O3/c1-25-7-10-13(9-4-5-26-14(9)10)23-15(24)8-2-3-11-12(6-8)22-16(21-11)17(18,19)20/h2-3,6,9-10,13-14H,4-5,7H2,1H3,(H,21,22)(H,23,24)/t9-,10+,13-,14-/m1/s1. The van der Waals surface area contributed by atoms with Crippen molar-refractivity contribution in [1.82, 2.24) is 15.3 Å². The number of carbonyl (C=O) groups is 1. The van der Waals surface area contributed by atoms with E-state index in [4.69, 9.17) is 9.47 Å². The molecule has 26 heavy (non-hydrogen) atoms. The molecule has 1 saturated carbocycles. The van der Waals surface area contributed by atoms with Gasteiger partial charge < -0.3 is 19.8 Å². The molecule has 1 aliphatic carbocycles. The molecule has 140 valence electrons. The number of ether oxygens (including phenoxy) is 2. The molecule has 6 nitrogen and oxygen atoms in total. The molecule has 2 N–H and O–H groups in total. The summed E-state index contributed by atoms with van der Waals surface area (Å²) >= 11 is 0. The Kier molecular flexibility index (Phi) is 4.15. The highest BCUT2D eigenvalue weighted by Crippen LogP contribution is 2.43. The van der Waals surface area contributed by atoms with E-state index in [-0.39, 0.29) is 46.5 Å². The Bertz CT molecular complexity index is 836. The van der Waals surface area contributed by atoms with Crippen LogP contribution in [0.25, 0.3) is 11.0 Å². The molecule has 2 heterocycles. The number of aromatic amines is 1. The van der Waals surface area contributed by atoms with Gasteiger partial charge in [-0.25, -0.2) is 4.98 Å². The number of hydrogen-bond acceptors (Lipinski definition) is 4. The van der Waals surface area contributed by atoms with Gasteiger partial charge in [0.2, 0.25) is 5.82 Å². The molecule has 9 heteroatoms. The van der Waals surface area contributed by atoms with Crippen LogP contribution in [0, 0.1) is 11.8 Å². The molecule has 0 spiro atoms. The number of nitrogens with one attached hydrogen (secondary N) is 2. The molecule has 1 aromatic heterocycles. The number of carbonyl (C=O) groups excluding carboxylic acids is 1. The summed E-state index contributed by atoms with van der Waals surface area (Å²) in [4.78, 5) is 18.3. The summed E-state index contributed by atoms with van der Waals surface area (Å²) in [6.45, 7) is 1.16. The van der Waals surface area contributed by atoms with Crippen LogP contribution in [0.15, 0.2) is 18.2 Å². The molecule has 1 amide bonds. The molecule has 4 rings (SSSR count). The van der Waals surface area contributed by atoms with Gasteiger partial charge in [-0.1, -0.05) is 0 Å². The minimum absolute atomic E-state index is 0.0573.